The Morgan fingerprint density at radius 3 is 2.79 bits per heavy atom. The standard InChI is InChI=1S/C21H26N4OS.C2H6/c1-4-8-17(5-2)25-19-13-16(10-11-18(19)21(24-25)27-3)23-20(26)14-15-9-6-7-12-22-15;1-2/h4-5,8,10-11,13,15,22H,1-2,6-7,9,12,14H2,3H3,(H,23,26);1-2H3/b17-8+;. The highest BCUT2D eigenvalue weighted by Crippen LogP contribution is 2.30. The molecule has 6 heteroatoms. The van der Waals surface area contributed by atoms with Gasteiger partial charge in [-0.25, -0.2) is 4.68 Å². The molecule has 0 spiro atoms. The number of rotatable bonds is 7. The zero-order valence-electron chi connectivity index (χ0n) is 17.7. The average molecular weight is 413 g/mol. The zero-order valence-corrected chi connectivity index (χ0v) is 18.5. The molecule has 0 radical (unpaired) electrons. The monoisotopic (exact) mass is 412 g/mol. The van der Waals surface area contributed by atoms with Gasteiger partial charge in [0.05, 0.1) is 11.2 Å². The van der Waals surface area contributed by atoms with Crippen LogP contribution in [0.4, 0.5) is 5.69 Å². The fourth-order valence-electron chi connectivity index (χ4n) is 3.39. The largest absolute Gasteiger partial charge is 0.326 e. The van der Waals surface area contributed by atoms with E-state index in [4.69, 9.17) is 0 Å². The van der Waals surface area contributed by atoms with E-state index in [1.165, 1.54) is 12.8 Å². The number of carbonyl (C=O) groups excluding carboxylic acids is 1. The van der Waals surface area contributed by atoms with Gasteiger partial charge in [0.15, 0.2) is 0 Å². The van der Waals surface area contributed by atoms with Gasteiger partial charge in [-0.15, -0.1) is 11.8 Å². The Kier molecular flexibility index (Phi) is 9.22. The first-order valence-electron chi connectivity index (χ1n) is 10.2. The van der Waals surface area contributed by atoms with Gasteiger partial charge in [0.25, 0.3) is 0 Å². The number of piperidine rings is 1. The second-order valence-electron chi connectivity index (χ2n) is 6.58. The minimum atomic E-state index is 0.0375. The first-order valence-corrected chi connectivity index (χ1v) is 11.4. The summed E-state index contributed by atoms with van der Waals surface area (Å²) >= 11 is 1.59. The molecule has 5 nitrogen and oxygen atoms in total. The highest BCUT2D eigenvalue weighted by molar-refractivity contribution is 7.98. The molecule has 1 aromatic carbocycles. The van der Waals surface area contributed by atoms with Gasteiger partial charge in [-0.1, -0.05) is 39.5 Å². The van der Waals surface area contributed by atoms with Gasteiger partial charge < -0.3 is 10.6 Å². The van der Waals surface area contributed by atoms with E-state index in [-0.39, 0.29) is 11.9 Å². The van der Waals surface area contributed by atoms with E-state index < -0.39 is 0 Å². The maximum absolute atomic E-state index is 12.4. The first kappa shape index (κ1) is 23.0. The van der Waals surface area contributed by atoms with E-state index in [9.17, 15) is 4.79 Å². The number of hydrogen-bond acceptors (Lipinski definition) is 4. The summed E-state index contributed by atoms with van der Waals surface area (Å²) in [5.74, 6) is 0.0375. The van der Waals surface area contributed by atoms with Gasteiger partial charge in [-0.2, -0.15) is 5.10 Å². The smallest absolute Gasteiger partial charge is 0.225 e. The SMILES string of the molecule is C=C/C=C(\C=C)n1nc(SC)c2ccc(NC(=O)CC3CCCCN3)cc21.CC. The normalized spacial score (nSPS) is 16.7. The third kappa shape index (κ3) is 5.84. The van der Waals surface area contributed by atoms with Crippen LogP contribution in [0.3, 0.4) is 0 Å². The minimum Gasteiger partial charge on any atom is -0.326 e. The van der Waals surface area contributed by atoms with E-state index >= 15 is 0 Å². The molecule has 1 aromatic heterocycles. The van der Waals surface area contributed by atoms with Crippen molar-refractivity contribution in [3.63, 3.8) is 0 Å². The van der Waals surface area contributed by atoms with Crippen LogP contribution in [-0.4, -0.2) is 34.5 Å². The van der Waals surface area contributed by atoms with E-state index in [1.807, 2.05) is 49.1 Å². The Balaban J connectivity index is 0.00000145. The van der Waals surface area contributed by atoms with Crippen molar-refractivity contribution in [3.8, 4) is 0 Å². The van der Waals surface area contributed by atoms with Gasteiger partial charge in [-0.3, -0.25) is 4.79 Å². The number of fused-ring (bicyclic) bond motifs is 1. The molecule has 156 valence electrons. The van der Waals surface area contributed by atoms with Crippen LogP contribution in [-0.2, 0) is 4.79 Å². The number of allylic oxidation sites excluding steroid dienone is 4. The van der Waals surface area contributed by atoms with Crippen LogP contribution < -0.4 is 10.6 Å². The lowest BCUT2D eigenvalue weighted by atomic mass is 10.0. The maximum atomic E-state index is 12.4. The summed E-state index contributed by atoms with van der Waals surface area (Å²) in [6.07, 6.45) is 11.3. The summed E-state index contributed by atoms with van der Waals surface area (Å²) in [6.45, 7) is 12.6. The molecule has 3 rings (SSSR count). The molecule has 1 aliphatic heterocycles. The van der Waals surface area contributed by atoms with E-state index in [0.717, 1.165) is 40.3 Å². The van der Waals surface area contributed by atoms with E-state index in [0.29, 0.717) is 6.42 Å². The lowest BCUT2D eigenvalue weighted by molar-refractivity contribution is -0.116. The number of aromatic nitrogens is 2. The third-order valence-corrected chi connectivity index (χ3v) is 5.40. The van der Waals surface area contributed by atoms with Crippen molar-refractivity contribution >= 4 is 40.0 Å². The molecule has 1 unspecified atom stereocenters. The van der Waals surface area contributed by atoms with Crippen LogP contribution in [0.25, 0.3) is 16.6 Å². The predicted octanol–water partition coefficient (Wildman–Crippen LogP) is 5.47. The Bertz CT molecular complexity index is 878. The van der Waals surface area contributed by atoms with Crippen LogP contribution >= 0.6 is 11.8 Å². The van der Waals surface area contributed by atoms with Crippen molar-refractivity contribution in [2.45, 2.75) is 50.6 Å². The van der Waals surface area contributed by atoms with Gasteiger partial charge in [-0.05, 0) is 56.0 Å². The number of hydrogen-bond donors (Lipinski definition) is 2. The summed E-state index contributed by atoms with van der Waals surface area (Å²) in [7, 11) is 0. The quantitative estimate of drug-likeness (QED) is 0.468. The number of amides is 1. The second kappa shape index (κ2) is 11.6. The maximum Gasteiger partial charge on any atom is 0.225 e. The zero-order chi connectivity index (χ0) is 21.2. The lowest BCUT2D eigenvalue weighted by Gasteiger charge is -2.22. The molecular formula is C23H32N4OS. The number of thioether (sulfide) groups is 1. The van der Waals surface area contributed by atoms with Crippen LogP contribution in [0.15, 0.2) is 54.6 Å². The topological polar surface area (TPSA) is 59.0 Å². The predicted molar refractivity (Wildman–Crippen MR) is 126 cm³/mol. The third-order valence-electron chi connectivity index (χ3n) is 4.71. The van der Waals surface area contributed by atoms with Crippen LogP contribution in [0.2, 0.25) is 0 Å². The number of anilines is 1. The molecule has 1 saturated heterocycles. The Morgan fingerprint density at radius 1 is 1.38 bits per heavy atom. The summed E-state index contributed by atoms with van der Waals surface area (Å²) in [5, 5.41) is 13.1. The summed E-state index contributed by atoms with van der Waals surface area (Å²) in [4.78, 5) is 12.4. The molecule has 29 heavy (non-hydrogen) atoms. The van der Waals surface area contributed by atoms with Gasteiger partial charge in [0.2, 0.25) is 5.91 Å². The fourth-order valence-corrected chi connectivity index (χ4v) is 3.95. The molecule has 2 aromatic rings. The minimum absolute atomic E-state index is 0.0375. The first-order chi connectivity index (χ1) is 14.2. The van der Waals surface area contributed by atoms with Crippen LogP contribution in [0, 0.1) is 0 Å². The summed E-state index contributed by atoms with van der Waals surface area (Å²) in [5.41, 5.74) is 2.55. The van der Waals surface area contributed by atoms with Crippen molar-refractivity contribution in [1.82, 2.24) is 15.1 Å². The number of carbonyl (C=O) groups is 1. The molecular weight excluding hydrogens is 380 g/mol. The summed E-state index contributed by atoms with van der Waals surface area (Å²) < 4.78 is 1.84. The molecule has 0 aliphatic carbocycles. The highest BCUT2D eigenvalue weighted by Gasteiger charge is 2.17. The number of nitrogens with one attached hydrogen (secondary N) is 2. The second-order valence-corrected chi connectivity index (χ2v) is 7.38. The summed E-state index contributed by atoms with van der Waals surface area (Å²) in [6, 6.07) is 6.19. The van der Waals surface area contributed by atoms with E-state index in [1.54, 1.807) is 23.9 Å². The molecule has 1 aliphatic rings. The van der Waals surface area contributed by atoms with Crippen molar-refractivity contribution in [2.24, 2.45) is 0 Å². The van der Waals surface area contributed by atoms with Gasteiger partial charge >= 0.3 is 0 Å². The van der Waals surface area contributed by atoms with Crippen molar-refractivity contribution < 1.29 is 4.79 Å². The van der Waals surface area contributed by atoms with Crippen molar-refractivity contribution in [2.75, 3.05) is 18.1 Å². The van der Waals surface area contributed by atoms with Crippen molar-refractivity contribution in [3.05, 3.63) is 49.6 Å². The Morgan fingerprint density at radius 2 is 2.17 bits per heavy atom. The molecule has 1 amide bonds. The number of benzene rings is 1. The molecule has 2 heterocycles. The van der Waals surface area contributed by atoms with E-state index in [2.05, 4.69) is 28.9 Å². The number of nitrogens with zero attached hydrogens (tertiary/aromatic N) is 2. The fraction of sp³-hybridized carbons (Fsp3) is 0.391. The Labute approximate surface area is 178 Å². The van der Waals surface area contributed by atoms with Crippen molar-refractivity contribution in [1.29, 1.82) is 0 Å². The van der Waals surface area contributed by atoms with Gasteiger partial charge in [0.1, 0.15) is 5.03 Å². The highest BCUT2D eigenvalue weighted by atomic mass is 32.2. The average Bonchev–Trinajstić information content (AvgIpc) is 3.12. The molecule has 0 saturated carbocycles. The Hall–Kier alpha value is -2.31. The van der Waals surface area contributed by atoms with Gasteiger partial charge in [0, 0.05) is 23.5 Å². The molecule has 2 N–H and O–H groups in total. The molecule has 1 fully saturated rings. The molecule has 0 bridgehead atoms. The lowest BCUT2D eigenvalue weighted by Crippen LogP contribution is -2.36. The van der Waals surface area contributed by atoms with Crippen LogP contribution in [0.1, 0.15) is 39.5 Å². The molecule has 1 atom stereocenters. The van der Waals surface area contributed by atoms with Crippen LogP contribution in [0.5, 0.6) is 0 Å².